The Morgan fingerprint density at radius 1 is 1.11 bits per heavy atom. The SMILES string of the molecule is C[C@H]1CN(C(=O)CCC(=O)c2ccccn2)CCN1c1ccc(Cl)c(Cl)c1. The lowest BCUT2D eigenvalue weighted by Gasteiger charge is -2.41. The first kappa shape index (κ1) is 19.6. The largest absolute Gasteiger partial charge is 0.365 e. The molecule has 2 aromatic rings. The molecule has 1 aromatic carbocycles. The molecule has 1 aliphatic rings. The number of benzene rings is 1. The van der Waals surface area contributed by atoms with Gasteiger partial charge in [-0.3, -0.25) is 14.6 Å². The molecule has 3 rings (SSSR count). The predicted molar refractivity (Wildman–Crippen MR) is 108 cm³/mol. The van der Waals surface area contributed by atoms with Crippen LogP contribution in [0, 0.1) is 0 Å². The third-order valence-electron chi connectivity index (χ3n) is 4.73. The number of nitrogens with zero attached hydrogens (tertiary/aromatic N) is 3. The summed E-state index contributed by atoms with van der Waals surface area (Å²) >= 11 is 12.1. The number of hydrogen-bond donors (Lipinski definition) is 0. The molecule has 142 valence electrons. The summed E-state index contributed by atoms with van der Waals surface area (Å²) in [5, 5.41) is 1.05. The minimum atomic E-state index is -0.105. The highest BCUT2D eigenvalue weighted by Gasteiger charge is 2.27. The second kappa shape index (κ2) is 8.72. The monoisotopic (exact) mass is 405 g/mol. The summed E-state index contributed by atoms with van der Waals surface area (Å²) in [6.45, 7) is 4.00. The van der Waals surface area contributed by atoms with Gasteiger partial charge < -0.3 is 9.80 Å². The molecule has 0 unspecified atom stereocenters. The Balaban J connectivity index is 1.55. The zero-order valence-corrected chi connectivity index (χ0v) is 16.6. The van der Waals surface area contributed by atoms with Gasteiger partial charge in [-0.25, -0.2) is 0 Å². The average Bonchev–Trinajstić information content (AvgIpc) is 2.68. The van der Waals surface area contributed by atoms with Gasteiger partial charge >= 0.3 is 0 Å². The molecule has 2 heterocycles. The van der Waals surface area contributed by atoms with Crippen LogP contribution in [0.1, 0.15) is 30.3 Å². The number of anilines is 1. The van der Waals surface area contributed by atoms with Crippen molar-refractivity contribution in [2.75, 3.05) is 24.5 Å². The van der Waals surface area contributed by atoms with Crippen LogP contribution < -0.4 is 4.90 Å². The van der Waals surface area contributed by atoms with Gasteiger partial charge in [0.1, 0.15) is 5.69 Å². The van der Waals surface area contributed by atoms with Crippen LogP contribution in [-0.2, 0) is 4.79 Å². The Labute approximate surface area is 168 Å². The van der Waals surface area contributed by atoms with Crippen LogP contribution in [0.25, 0.3) is 0 Å². The molecule has 1 amide bonds. The van der Waals surface area contributed by atoms with Gasteiger partial charge in [0.05, 0.1) is 10.0 Å². The van der Waals surface area contributed by atoms with Gasteiger partial charge in [-0.15, -0.1) is 0 Å². The van der Waals surface area contributed by atoms with Crippen molar-refractivity contribution in [2.24, 2.45) is 0 Å². The molecular formula is C20H21Cl2N3O2. The molecule has 0 saturated carbocycles. The highest BCUT2D eigenvalue weighted by atomic mass is 35.5. The molecule has 1 aromatic heterocycles. The second-order valence-electron chi connectivity index (χ2n) is 6.62. The fourth-order valence-corrected chi connectivity index (χ4v) is 3.56. The van der Waals surface area contributed by atoms with E-state index in [0.717, 1.165) is 5.69 Å². The third kappa shape index (κ3) is 4.79. The molecule has 7 heteroatoms. The Kier molecular flexibility index (Phi) is 6.34. The normalized spacial score (nSPS) is 17.1. The second-order valence-corrected chi connectivity index (χ2v) is 7.43. The fraction of sp³-hybridized carbons (Fsp3) is 0.350. The summed E-state index contributed by atoms with van der Waals surface area (Å²) in [7, 11) is 0. The minimum absolute atomic E-state index is 0.0000744. The number of carbonyl (C=O) groups excluding carboxylic acids is 2. The Bertz CT molecular complexity index is 829. The van der Waals surface area contributed by atoms with Crippen LogP contribution in [0.15, 0.2) is 42.6 Å². The van der Waals surface area contributed by atoms with Crippen LogP contribution in [0.4, 0.5) is 5.69 Å². The van der Waals surface area contributed by atoms with E-state index in [-0.39, 0.29) is 30.6 Å². The van der Waals surface area contributed by atoms with Crippen LogP contribution in [0.2, 0.25) is 10.0 Å². The van der Waals surface area contributed by atoms with Crippen molar-refractivity contribution in [3.63, 3.8) is 0 Å². The van der Waals surface area contributed by atoms with Crippen molar-refractivity contribution >= 4 is 40.6 Å². The highest BCUT2D eigenvalue weighted by Crippen LogP contribution is 2.29. The van der Waals surface area contributed by atoms with E-state index >= 15 is 0 Å². The minimum Gasteiger partial charge on any atom is -0.365 e. The molecule has 0 N–H and O–H groups in total. The van der Waals surface area contributed by atoms with Gasteiger partial charge in [0.2, 0.25) is 5.91 Å². The van der Waals surface area contributed by atoms with Crippen molar-refractivity contribution < 1.29 is 9.59 Å². The number of amides is 1. The molecule has 1 fully saturated rings. The molecular weight excluding hydrogens is 385 g/mol. The summed E-state index contributed by atoms with van der Waals surface area (Å²) < 4.78 is 0. The standard InChI is InChI=1S/C20H21Cl2N3O2/c1-14-13-24(10-11-25(14)15-5-6-16(21)17(22)12-15)20(27)8-7-19(26)18-4-2-3-9-23-18/h2-6,9,12,14H,7-8,10-11,13H2,1H3/t14-/m0/s1. The predicted octanol–water partition coefficient (Wildman–Crippen LogP) is 4.09. The maximum atomic E-state index is 12.5. The van der Waals surface area contributed by atoms with Gasteiger partial charge in [-0.05, 0) is 37.3 Å². The van der Waals surface area contributed by atoms with E-state index in [1.54, 1.807) is 30.5 Å². The number of rotatable bonds is 5. The lowest BCUT2D eigenvalue weighted by molar-refractivity contribution is -0.131. The van der Waals surface area contributed by atoms with Crippen LogP contribution in [0.3, 0.4) is 0 Å². The van der Waals surface area contributed by atoms with Crippen molar-refractivity contribution in [3.8, 4) is 0 Å². The zero-order chi connectivity index (χ0) is 19.4. The van der Waals surface area contributed by atoms with Gasteiger partial charge in [-0.1, -0.05) is 29.3 Å². The van der Waals surface area contributed by atoms with Gasteiger partial charge in [0.25, 0.3) is 0 Å². The number of pyridine rings is 1. The third-order valence-corrected chi connectivity index (χ3v) is 5.47. The van der Waals surface area contributed by atoms with Crippen molar-refractivity contribution in [1.29, 1.82) is 0 Å². The molecule has 0 aliphatic carbocycles. The summed E-state index contributed by atoms with van der Waals surface area (Å²) in [4.78, 5) is 32.7. The smallest absolute Gasteiger partial charge is 0.223 e. The number of hydrogen-bond acceptors (Lipinski definition) is 4. The molecule has 1 aliphatic heterocycles. The number of aromatic nitrogens is 1. The number of halogens is 2. The van der Waals surface area contributed by atoms with Gasteiger partial charge in [0.15, 0.2) is 5.78 Å². The number of Topliss-reactive ketones (excluding diaryl/α,β-unsaturated/α-hetero) is 1. The molecule has 5 nitrogen and oxygen atoms in total. The fourth-order valence-electron chi connectivity index (χ4n) is 3.27. The van der Waals surface area contributed by atoms with E-state index in [1.165, 1.54) is 0 Å². The molecule has 0 spiro atoms. The Hall–Kier alpha value is -2.11. The van der Waals surface area contributed by atoms with E-state index in [0.29, 0.717) is 35.4 Å². The van der Waals surface area contributed by atoms with Crippen LogP contribution in [-0.4, -0.2) is 47.3 Å². The number of ketones is 1. The zero-order valence-electron chi connectivity index (χ0n) is 15.1. The van der Waals surface area contributed by atoms with Crippen molar-refractivity contribution in [1.82, 2.24) is 9.88 Å². The summed E-state index contributed by atoms with van der Waals surface area (Å²) in [5.74, 6) is -0.105. The molecule has 0 bridgehead atoms. The number of carbonyl (C=O) groups is 2. The molecule has 0 radical (unpaired) electrons. The van der Waals surface area contributed by atoms with Gasteiger partial charge in [0, 0.05) is 50.4 Å². The molecule has 1 saturated heterocycles. The van der Waals surface area contributed by atoms with E-state index < -0.39 is 0 Å². The molecule has 27 heavy (non-hydrogen) atoms. The summed E-state index contributed by atoms with van der Waals surface area (Å²) in [6, 6.07) is 10.9. The summed E-state index contributed by atoms with van der Waals surface area (Å²) in [6.07, 6.45) is 1.96. The van der Waals surface area contributed by atoms with Crippen molar-refractivity contribution in [2.45, 2.75) is 25.8 Å². The van der Waals surface area contributed by atoms with Crippen LogP contribution >= 0.6 is 23.2 Å². The van der Waals surface area contributed by atoms with E-state index in [2.05, 4.69) is 16.8 Å². The topological polar surface area (TPSA) is 53.5 Å². The average molecular weight is 406 g/mol. The van der Waals surface area contributed by atoms with Crippen LogP contribution in [0.5, 0.6) is 0 Å². The quantitative estimate of drug-likeness (QED) is 0.702. The maximum Gasteiger partial charge on any atom is 0.223 e. The lowest BCUT2D eigenvalue weighted by atomic mass is 10.1. The first-order valence-electron chi connectivity index (χ1n) is 8.89. The summed E-state index contributed by atoms with van der Waals surface area (Å²) in [5.41, 5.74) is 1.40. The number of piperazine rings is 1. The highest BCUT2D eigenvalue weighted by molar-refractivity contribution is 6.42. The Morgan fingerprint density at radius 3 is 2.59 bits per heavy atom. The van der Waals surface area contributed by atoms with E-state index in [4.69, 9.17) is 23.2 Å². The lowest BCUT2D eigenvalue weighted by Crippen LogP contribution is -2.53. The van der Waals surface area contributed by atoms with E-state index in [1.807, 2.05) is 17.0 Å². The van der Waals surface area contributed by atoms with Gasteiger partial charge in [-0.2, -0.15) is 0 Å². The molecule has 1 atom stereocenters. The first-order valence-corrected chi connectivity index (χ1v) is 9.65. The first-order chi connectivity index (χ1) is 13.0. The van der Waals surface area contributed by atoms with Crippen molar-refractivity contribution in [3.05, 3.63) is 58.3 Å². The Morgan fingerprint density at radius 2 is 1.93 bits per heavy atom. The maximum absolute atomic E-state index is 12.5. The van der Waals surface area contributed by atoms with E-state index in [9.17, 15) is 9.59 Å².